The van der Waals surface area contributed by atoms with Gasteiger partial charge in [-0.1, -0.05) is 31.9 Å². The lowest BCUT2D eigenvalue weighted by Gasteiger charge is -1.95. The second-order valence-electron chi connectivity index (χ2n) is 1.58. The zero-order valence-electron chi connectivity index (χ0n) is 4.54. The molecule has 1 atom stereocenters. The normalized spacial score (nSPS) is 13.9. The average Bonchev–Trinajstić information content (AvgIpc) is 1.66. The van der Waals surface area contributed by atoms with Gasteiger partial charge in [0.1, 0.15) is 0 Å². The van der Waals surface area contributed by atoms with E-state index in [1.807, 2.05) is 0 Å². The van der Waals surface area contributed by atoms with Crippen LogP contribution in [0, 0.1) is 0 Å². The smallest absolute Gasteiger partial charge is 0.154 e. The van der Waals surface area contributed by atoms with Gasteiger partial charge in [0.15, 0.2) is 5.08 Å². The van der Waals surface area contributed by atoms with Crippen molar-refractivity contribution >= 4 is 31.9 Å². The van der Waals surface area contributed by atoms with Gasteiger partial charge in [0, 0.05) is 5.33 Å². The Morgan fingerprint density at radius 3 is 2.38 bits per heavy atom. The van der Waals surface area contributed by atoms with Crippen molar-refractivity contribution < 1.29 is 4.39 Å². The highest BCUT2D eigenvalue weighted by Gasteiger charge is 1.96. The van der Waals surface area contributed by atoms with Gasteiger partial charge in [-0.25, -0.2) is 4.39 Å². The summed E-state index contributed by atoms with van der Waals surface area (Å²) in [6.45, 7) is 0. The molecule has 0 aromatic rings. The quantitative estimate of drug-likeness (QED) is 0.529. The number of hydrogen-bond acceptors (Lipinski definition) is 0. The molecule has 3 heteroatoms. The molecule has 0 aliphatic carbocycles. The minimum atomic E-state index is -0.804. The molecule has 0 fully saturated rings. The molecule has 0 aromatic heterocycles. The fourth-order valence-electron chi connectivity index (χ4n) is 0.393. The molecule has 0 N–H and O–H groups in total. The summed E-state index contributed by atoms with van der Waals surface area (Å²) >= 11 is 6.08. The van der Waals surface area contributed by atoms with Crippen molar-refractivity contribution in [2.45, 2.75) is 24.3 Å². The molecule has 50 valence electrons. The van der Waals surface area contributed by atoms with Crippen molar-refractivity contribution in [1.82, 2.24) is 0 Å². The van der Waals surface area contributed by atoms with Crippen molar-refractivity contribution in [3.05, 3.63) is 0 Å². The largest absolute Gasteiger partial charge is 0.235 e. The third-order valence-electron chi connectivity index (χ3n) is 0.806. The minimum absolute atomic E-state index is 0.631. The Morgan fingerprint density at radius 1 is 1.38 bits per heavy atom. The van der Waals surface area contributed by atoms with E-state index in [2.05, 4.69) is 31.9 Å². The molecule has 0 bridgehead atoms. The highest BCUT2D eigenvalue weighted by molar-refractivity contribution is 9.09. The molecule has 0 saturated carbocycles. The maximum Gasteiger partial charge on any atom is 0.154 e. The minimum Gasteiger partial charge on any atom is -0.235 e. The molecule has 0 radical (unpaired) electrons. The number of unbranched alkanes of at least 4 members (excludes halogenated alkanes) is 1. The van der Waals surface area contributed by atoms with Crippen LogP contribution in [0.2, 0.25) is 0 Å². The van der Waals surface area contributed by atoms with E-state index in [0.717, 1.165) is 18.2 Å². The molecule has 8 heavy (non-hydrogen) atoms. The van der Waals surface area contributed by atoms with Gasteiger partial charge in [-0.2, -0.15) is 0 Å². The fourth-order valence-corrected chi connectivity index (χ4v) is 1.11. The van der Waals surface area contributed by atoms with E-state index < -0.39 is 5.08 Å². The van der Waals surface area contributed by atoms with E-state index in [-0.39, 0.29) is 0 Å². The van der Waals surface area contributed by atoms with Crippen molar-refractivity contribution in [1.29, 1.82) is 0 Å². The van der Waals surface area contributed by atoms with Crippen LogP contribution >= 0.6 is 31.9 Å². The first-order valence-corrected chi connectivity index (χ1v) is 4.65. The third-order valence-corrected chi connectivity index (χ3v) is 1.82. The summed E-state index contributed by atoms with van der Waals surface area (Å²) in [4.78, 5) is 0. The van der Waals surface area contributed by atoms with Gasteiger partial charge in [-0.3, -0.25) is 0 Å². The van der Waals surface area contributed by atoms with Crippen LogP contribution in [0.3, 0.4) is 0 Å². The summed E-state index contributed by atoms with van der Waals surface area (Å²) in [6, 6.07) is 0. The van der Waals surface area contributed by atoms with E-state index in [9.17, 15) is 4.39 Å². The van der Waals surface area contributed by atoms with Crippen molar-refractivity contribution in [3.8, 4) is 0 Å². The first-order chi connectivity index (χ1) is 3.77. The van der Waals surface area contributed by atoms with Crippen molar-refractivity contribution in [3.63, 3.8) is 0 Å². The lowest BCUT2D eigenvalue weighted by atomic mass is 10.3. The SMILES string of the molecule is FC(Br)CCCCBr. The van der Waals surface area contributed by atoms with Crippen molar-refractivity contribution in [2.75, 3.05) is 5.33 Å². The van der Waals surface area contributed by atoms with Gasteiger partial charge in [0.05, 0.1) is 0 Å². The molecule has 0 rings (SSSR count). The molecule has 0 amide bonds. The molecular weight excluding hydrogens is 239 g/mol. The van der Waals surface area contributed by atoms with Gasteiger partial charge in [0.25, 0.3) is 0 Å². The van der Waals surface area contributed by atoms with Crippen molar-refractivity contribution in [2.24, 2.45) is 0 Å². The molecule has 0 aliphatic rings. The molecule has 0 saturated heterocycles. The molecule has 0 aliphatic heterocycles. The van der Waals surface area contributed by atoms with E-state index in [1.54, 1.807) is 0 Å². The molecule has 0 spiro atoms. The zero-order chi connectivity index (χ0) is 6.41. The summed E-state index contributed by atoms with van der Waals surface area (Å²) in [5.74, 6) is 0. The predicted octanol–water partition coefficient (Wildman–Crippen LogP) is 3.24. The van der Waals surface area contributed by atoms with Crippen LogP contribution in [0.5, 0.6) is 0 Å². The lowest BCUT2D eigenvalue weighted by Crippen LogP contribution is -1.86. The molecule has 0 heterocycles. The Bertz CT molecular complexity index is 47.7. The van der Waals surface area contributed by atoms with Crippen LogP contribution in [-0.4, -0.2) is 10.4 Å². The molecule has 1 unspecified atom stereocenters. The summed E-state index contributed by atoms with van der Waals surface area (Å²) in [5.41, 5.74) is 0. The Labute approximate surface area is 66.1 Å². The van der Waals surface area contributed by atoms with E-state index >= 15 is 0 Å². The summed E-state index contributed by atoms with van der Waals surface area (Å²) in [7, 11) is 0. The van der Waals surface area contributed by atoms with Crippen LogP contribution in [0.4, 0.5) is 4.39 Å². The fraction of sp³-hybridized carbons (Fsp3) is 1.00. The van der Waals surface area contributed by atoms with Gasteiger partial charge < -0.3 is 0 Å². The van der Waals surface area contributed by atoms with Gasteiger partial charge >= 0.3 is 0 Å². The first kappa shape index (κ1) is 8.89. The topological polar surface area (TPSA) is 0 Å². The zero-order valence-corrected chi connectivity index (χ0v) is 7.71. The molecular formula is C5H9Br2F. The summed E-state index contributed by atoms with van der Waals surface area (Å²) in [6.07, 6.45) is 2.65. The second-order valence-corrected chi connectivity index (χ2v) is 3.36. The Balaban J connectivity index is 2.72. The summed E-state index contributed by atoms with van der Waals surface area (Å²) < 4.78 is 11.9. The van der Waals surface area contributed by atoms with Crippen LogP contribution in [0.1, 0.15) is 19.3 Å². The predicted molar refractivity (Wildman–Crippen MR) is 41.5 cm³/mol. The molecule has 0 nitrogen and oxygen atoms in total. The van der Waals surface area contributed by atoms with Gasteiger partial charge in [-0.15, -0.1) is 0 Å². The first-order valence-electron chi connectivity index (χ1n) is 2.61. The Kier molecular flexibility index (Phi) is 6.69. The molecule has 0 aromatic carbocycles. The second kappa shape index (κ2) is 6.02. The Morgan fingerprint density at radius 2 is 2.00 bits per heavy atom. The standard InChI is InChI=1S/C5H9Br2F/c6-4-2-1-3-5(7)8/h5H,1-4H2. The number of halogens is 3. The Hall–Kier alpha value is 0.890. The number of hydrogen-bond donors (Lipinski definition) is 0. The highest BCUT2D eigenvalue weighted by Crippen LogP contribution is 2.10. The monoisotopic (exact) mass is 246 g/mol. The van der Waals surface area contributed by atoms with Crippen LogP contribution in [-0.2, 0) is 0 Å². The summed E-state index contributed by atoms with van der Waals surface area (Å²) in [5, 5.41) is 0.175. The van der Waals surface area contributed by atoms with E-state index in [4.69, 9.17) is 0 Å². The average molecular weight is 248 g/mol. The van der Waals surface area contributed by atoms with E-state index in [0.29, 0.717) is 6.42 Å². The number of alkyl halides is 3. The van der Waals surface area contributed by atoms with Crippen LogP contribution in [0.25, 0.3) is 0 Å². The van der Waals surface area contributed by atoms with E-state index in [1.165, 1.54) is 0 Å². The number of rotatable bonds is 4. The maximum atomic E-state index is 11.9. The third kappa shape index (κ3) is 6.89. The highest BCUT2D eigenvalue weighted by atomic mass is 79.9. The van der Waals surface area contributed by atoms with Gasteiger partial charge in [-0.05, 0) is 19.3 Å². The van der Waals surface area contributed by atoms with Gasteiger partial charge in [0.2, 0.25) is 0 Å². The lowest BCUT2D eigenvalue weighted by molar-refractivity contribution is 0.427. The maximum absolute atomic E-state index is 11.9. The van der Waals surface area contributed by atoms with Crippen LogP contribution in [0.15, 0.2) is 0 Å². The van der Waals surface area contributed by atoms with Crippen LogP contribution < -0.4 is 0 Å².